The maximum absolute atomic E-state index is 13.7. The van der Waals surface area contributed by atoms with Gasteiger partial charge in [0.25, 0.3) is 11.5 Å². The summed E-state index contributed by atoms with van der Waals surface area (Å²) in [6.07, 6.45) is 0.509. The number of amides is 1. The third-order valence-electron chi connectivity index (χ3n) is 5.77. The van der Waals surface area contributed by atoms with E-state index in [0.29, 0.717) is 24.2 Å². The molecule has 3 aromatic rings. The van der Waals surface area contributed by atoms with E-state index in [4.69, 9.17) is 10.6 Å². The second-order valence-corrected chi connectivity index (χ2v) is 8.25. The zero-order chi connectivity index (χ0) is 24.9. The summed E-state index contributed by atoms with van der Waals surface area (Å²) in [6, 6.07) is 14.9. The maximum Gasteiger partial charge on any atom is 0.330 e. The molecule has 1 aliphatic rings. The Balaban J connectivity index is 1.70. The molecule has 1 aliphatic heterocycles. The lowest BCUT2D eigenvalue weighted by Gasteiger charge is -2.26. The van der Waals surface area contributed by atoms with Gasteiger partial charge in [-0.1, -0.05) is 61.0 Å². The minimum atomic E-state index is -1.05. The van der Waals surface area contributed by atoms with Crippen molar-refractivity contribution in [3.63, 3.8) is 0 Å². The fraction of sp³-hybridized carbons (Fsp3) is 0.280. The molecule has 0 saturated carbocycles. The molecule has 1 amide bonds. The Labute approximate surface area is 200 Å². The first-order chi connectivity index (χ1) is 16.9. The van der Waals surface area contributed by atoms with Crippen molar-refractivity contribution in [3.05, 3.63) is 92.4 Å². The Hall–Kier alpha value is -4.21. The number of nitrogen functional groups attached to an aromatic ring is 1. The van der Waals surface area contributed by atoms with Crippen LogP contribution in [0, 0.1) is 5.82 Å². The molecule has 0 fully saturated rings. The predicted octanol–water partition coefficient (Wildman–Crippen LogP) is 2.78. The highest BCUT2D eigenvalue weighted by Gasteiger charge is 2.35. The summed E-state index contributed by atoms with van der Waals surface area (Å²) in [7, 11) is 0. The van der Waals surface area contributed by atoms with Crippen LogP contribution in [0.4, 0.5) is 15.9 Å². The number of carbonyl (C=O) groups excluding carboxylic acids is 1. The van der Waals surface area contributed by atoms with E-state index in [0.717, 1.165) is 12.0 Å². The largest absolute Gasteiger partial charge is 0.383 e. The fourth-order valence-corrected chi connectivity index (χ4v) is 3.93. The van der Waals surface area contributed by atoms with Crippen LogP contribution < -0.4 is 21.9 Å². The molecule has 0 saturated heterocycles. The molecular formula is C25H26FN5O4. The molecule has 1 unspecified atom stereocenters. The minimum absolute atomic E-state index is 0.0219. The topological polar surface area (TPSA) is 123 Å². The number of hydrogen-bond donors (Lipinski definition) is 2. The third kappa shape index (κ3) is 5.16. The van der Waals surface area contributed by atoms with Gasteiger partial charge in [0.2, 0.25) is 6.10 Å². The van der Waals surface area contributed by atoms with Gasteiger partial charge in [0, 0.05) is 18.5 Å². The van der Waals surface area contributed by atoms with Crippen molar-refractivity contribution in [2.45, 2.75) is 45.4 Å². The van der Waals surface area contributed by atoms with Crippen LogP contribution in [0.3, 0.4) is 0 Å². The normalized spacial score (nSPS) is 14.9. The number of nitrogens with zero attached hydrogens (tertiary/aromatic N) is 3. The molecule has 0 bridgehead atoms. The summed E-state index contributed by atoms with van der Waals surface area (Å²) in [5, 5.41) is 3.98. The summed E-state index contributed by atoms with van der Waals surface area (Å²) < 4.78 is 14.9. The third-order valence-corrected chi connectivity index (χ3v) is 5.77. The number of hydrogen-bond acceptors (Lipinski definition) is 6. The number of halogens is 1. The SMILES string of the molecule is CCCCn1c(N)c(N(Cc2ccccc2)C(=O)C2CC(c3cccc(F)c3)=NO2)c(=O)[nH]c1=O. The molecule has 182 valence electrons. The Bertz CT molecular complexity index is 1370. The number of anilines is 2. The van der Waals surface area contributed by atoms with Crippen LogP contribution in [0.2, 0.25) is 0 Å². The molecule has 35 heavy (non-hydrogen) atoms. The smallest absolute Gasteiger partial charge is 0.330 e. The second kappa shape index (κ2) is 10.4. The average Bonchev–Trinajstić information content (AvgIpc) is 3.34. The van der Waals surface area contributed by atoms with E-state index in [1.165, 1.54) is 21.6 Å². The van der Waals surface area contributed by atoms with Gasteiger partial charge in [-0.05, 0) is 24.1 Å². The van der Waals surface area contributed by atoms with Crippen molar-refractivity contribution in [2.75, 3.05) is 10.6 Å². The van der Waals surface area contributed by atoms with Crippen molar-refractivity contribution >= 4 is 23.1 Å². The van der Waals surface area contributed by atoms with Crippen LogP contribution in [0.1, 0.15) is 37.3 Å². The summed E-state index contributed by atoms with van der Waals surface area (Å²) in [4.78, 5) is 47.9. The zero-order valence-corrected chi connectivity index (χ0v) is 19.2. The number of nitrogens with two attached hydrogens (primary N) is 1. The van der Waals surface area contributed by atoms with Crippen LogP contribution in [0.5, 0.6) is 0 Å². The predicted molar refractivity (Wildman–Crippen MR) is 131 cm³/mol. The van der Waals surface area contributed by atoms with Gasteiger partial charge >= 0.3 is 5.69 Å². The standard InChI is InChI=1S/C25H26FN5O4/c1-2-3-12-30-22(27)21(23(32)28-25(30)34)31(15-16-8-5-4-6-9-16)24(33)20-14-19(29-35-20)17-10-7-11-18(26)13-17/h4-11,13,20H,2-3,12,14-15,27H2,1H3,(H,28,32,34). The van der Waals surface area contributed by atoms with E-state index in [-0.39, 0.29) is 24.5 Å². The number of benzene rings is 2. The Kier molecular flexibility index (Phi) is 7.09. The van der Waals surface area contributed by atoms with Crippen LogP contribution in [-0.2, 0) is 22.7 Å². The molecule has 2 heterocycles. The van der Waals surface area contributed by atoms with Gasteiger partial charge in [-0.3, -0.25) is 24.0 Å². The van der Waals surface area contributed by atoms with Gasteiger partial charge in [0.05, 0.1) is 12.3 Å². The van der Waals surface area contributed by atoms with Crippen molar-refractivity contribution in [1.82, 2.24) is 9.55 Å². The van der Waals surface area contributed by atoms with E-state index < -0.39 is 29.1 Å². The Morgan fingerprint density at radius 3 is 2.71 bits per heavy atom. The number of oxime groups is 1. The van der Waals surface area contributed by atoms with Crippen molar-refractivity contribution in [1.29, 1.82) is 0 Å². The average molecular weight is 480 g/mol. The molecule has 10 heteroatoms. The highest BCUT2D eigenvalue weighted by atomic mass is 19.1. The maximum atomic E-state index is 13.7. The first-order valence-corrected chi connectivity index (χ1v) is 11.4. The van der Waals surface area contributed by atoms with Gasteiger partial charge < -0.3 is 10.6 Å². The number of rotatable bonds is 8. The lowest BCUT2D eigenvalue weighted by atomic mass is 10.0. The summed E-state index contributed by atoms with van der Waals surface area (Å²) in [6.45, 7) is 2.28. The van der Waals surface area contributed by atoms with E-state index in [1.54, 1.807) is 12.1 Å². The van der Waals surface area contributed by atoms with Gasteiger partial charge in [-0.15, -0.1) is 0 Å². The minimum Gasteiger partial charge on any atom is -0.383 e. The fourth-order valence-electron chi connectivity index (χ4n) is 3.93. The van der Waals surface area contributed by atoms with Crippen molar-refractivity contribution in [2.24, 2.45) is 5.16 Å². The number of nitrogens with one attached hydrogen (secondary N) is 1. The van der Waals surface area contributed by atoms with Crippen LogP contribution in [-0.4, -0.2) is 27.3 Å². The molecule has 0 radical (unpaired) electrons. The van der Waals surface area contributed by atoms with E-state index in [1.807, 2.05) is 37.3 Å². The molecule has 1 atom stereocenters. The number of carbonyl (C=O) groups is 1. The van der Waals surface area contributed by atoms with E-state index in [2.05, 4.69) is 10.1 Å². The van der Waals surface area contributed by atoms with Crippen LogP contribution in [0.25, 0.3) is 0 Å². The lowest BCUT2D eigenvalue weighted by molar-refractivity contribution is -0.128. The summed E-state index contributed by atoms with van der Waals surface area (Å²) in [5.41, 5.74) is 6.42. The second-order valence-electron chi connectivity index (χ2n) is 8.25. The van der Waals surface area contributed by atoms with E-state index in [9.17, 15) is 18.8 Å². The molecule has 2 aromatic carbocycles. The lowest BCUT2D eigenvalue weighted by Crippen LogP contribution is -2.44. The van der Waals surface area contributed by atoms with Gasteiger partial charge in [0.1, 0.15) is 11.6 Å². The van der Waals surface area contributed by atoms with Crippen molar-refractivity contribution < 1.29 is 14.0 Å². The molecular weight excluding hydrogens is 453 g/mol. The number of aromatic amines is 1. The molecule has 1 aromatic heterocycles. The number of aromatic nitrogens is 2. The Morgan fingerprint density at radius 2 is 2.00 bits per heavy atom. The monoisotopic (exact) mass is 479 g/mol. The zero-order valence-electron chi connectivity index (χ0n) is 19.2. The van der Waals surface area contributed by atoms with Crippen LogP contribution >= 0.6 is 0 Å². The first kappa shape index (κ1) is 23.9. The molecule has 9 nitrogen and oxygen atoms in total. The Morgan fingerprint density at radius 1 is 1.23 bits per heavy atom. The summed E-state index contributed by atoms with van der Waals surface area (Å²) in [5.74, 6) is -1.08. The first-order valence-electron chi connectivity index (χ1n) is 11.4. The van der Waals surface area contributed by atoms with Gasteiger partial charge in [-0.2, -0.15) is 0 Å². The molecule has 0 spiro atoms. The number of unbranched alkanes of at least 4 members (excludes halogenated alkanes) is 1. The van der Waals surface area contributed by atoms with E-state index >= 15 is 0 Å². The molecule has 0 aliphatic carbocycles. The number of H-pyrrole nitrogens is 1. The summed E-state index contributed by atoms with van der Waals surface area (Å²) >= 11 is 0. The van der Waals surface area contributed by atoms with Gasteiger partial charge in [0.15, 0.2) is 5.69 Å². The van der Waals surface area contributed by atoms with Gasteiger partial charge in [-0.25, -0.2) is 9.18 Å². The van der Waals surface area contributed by atoms with Crippen molar-refractivity contribution in [3.8, 4) is 0 Å². The highest BCUT2D eigenvalue weighted by molar-refractivity contribution is 6.07. The van der Waals surface area contributed by atoms with Crippen LogP contribution in [0.15, 0.2) is 69.3 Å². The highest BCUT2D eigenvalue weighted by Crippen LogP contribution is 2.25. The molecule has 4 rings (SSSR count). The molecule has 3 N–H and O–H groups in total. The quantitative estimate of drug-likeness (QED) is 0.514.